The molecule has 7 heteroatoms. The van der Waals surface area contributed by atoms with Gasteiger partial charge < -0.3 is 19.7 Å². The number of fused-ring (bicyclic) bond motifs is 1. The molecular weight excluding hydrogens is 363 g/mol. The Bertz CT molecular complexity index is 894. The lowest BCUT2D eigenvalue weighted by Gasteiger charge is -2.31. The molecule has 28 heavy (non-hydrogen) atoms. The van der Waals surface area contributed by atoms with Crippen molar-refractivity contribution in [1.82, 2.24) is 10.2 Å². The van der Waals surface area contributed by atoms with Gasteiger partial charge in [-0.05, 0) is 42.7 Å². The lowest BCUT2D eigenvalue weighted by atomic mass is 9.95. The van der Waals surface area contributed by atoms with Gasteiger partial charge in [0.1, 0.15) is 5.82 Å². The number of rotatable bonds is 4. The van der Waals surface area contributed by atoms with Gasteiger partial charge in [0, 0.05) is 25.6 Å². The first kappa shape index (κ1) is 18.3. The topological polar surface area (TPSA) is 67.9 Å². The highest BCUT2D eigenvalue weighted by molar-refractivity contribution is 5.94. The zero-order valence-corrected chi connectivity index (χ0v) is 15.3. The van der Waals surface area contributed by atoms with Crippen molar-refractivity contribution in [1.29, 1.82) is 0 Å². The number of halogens is 1. The van der Waals surface area contributed by atoms with Gasteiger partial charge >= 0.3 is 0 Å². The molecule has 0 aromatic heterocycles. The van der Waals surface area contributed by atoms with Crippen LogP contribution in [0.3, 0.4) is 0 Å². The van der Waals surface area contributed by atoms with Crippen LogP contribution in [0.4, 0.5) is 4.39 Å². The van der Waals surface area contributed by atoms with E-state index in [-0.39, 0.29) is 30.1 Å². The number of carbonyl (C=O) groups excluding carboxylic acids is 2. The lowest BCUT2D eigenvalue weighted by molar-refractivity contribution is -0.126. The van der Waals surface area contributed by atoms with Crippen molar-refractivity contribution >= 4 is 11.8 Å². The van der Waals surface area contributed by atoms with Gasteiger partial charge in [0.15, 0.2) is 11.5 Å². The van der Waals surface area contributed by atoms with Gasteiger partial charge in [0.2, 0.25) is 12.7 Å². The van der Waals surface area contributed by atoms with Crippen LogP contribution >= 0.6 is 0 Å². The van der Waals surface area contributed by atoms with Crippen molar-refractivity contribution in [3.05, 3.63) is 59.4 Å². The third-order valence-corrected chi connectivity index (χ3v) is 5.16. The van der Waals surface area contributed by atoms with Crippen LogP contribution in [-0.4, -0.2) is 36.6 Å². The Hall–Kier alpha value is -3.09. The van der Waals surface area contributed by atoms with E-state index in [1.165, 1.54) is 12.1 Å². The summed E-state index contributed by atoms with van der Waals surface area (Å²) < 4.78 is 24.4. The molecule has 4 rings (SSSR count). The van der Waals surface area contributed by atoms with Crippen LogP contribution in [0.1, 0.15) is 28.8 Å². The fourth-order valence-corrected chi connectivity index (χ4v) is 3.53. The predicted octanol–water partition coefficient (Wildman–Crippen LogP) is 2.72. The minimum absolute atomic E-state index is 0.0318. The SMILES string of the molecule is O=C(NCc1ccc2c(c1)OCO2)C1CCN(C(=O)c2ccccc2F)CC1. The molecule has 0 saturated carbocycles. The zero-order valence-electron chi connectivity index (χ0n) is 15.3. The minimum Gasteiger partial charge on any atom is -0.454 e. The molecule has 2 aromatic carbocycles. The number of piperidine rings is 1. The third-order valence-electron chi connectivity index (χ3n) is 5.16. The number of hydrogen-bond acceptors (Lipinski definition) is 4. The molecule has 0 aliphatic carbocycles. The monoisotopic (exact) mass is 384 g/mol. The minimum atomic E-state index is -0.518. The molecule has 0 spiro atoms. The summed E-state index contributed by atoms with van der Waals surface area (Å²) in [5.41, 5.74) is 1.01. The summed E-state index contributed by atoms with van der Waals surface area (Å²) in [5, 5.41) is 2.95. The van der Waals surface area contributed by atoms with Gasteiger partial charge in [-0.2, -0.15) is 0 Å². The van der Waals surface area contributed by atoms with Gasteiger partial charge in [0.05, 0.1) is 5.56 Å². The Morgan fingerprint density at radius 1 is 1.07 bits per heavy atom. The molecule has 0 atom stereocenters. The number of benzene rings is 2. The maximum atomic E-state index is 13.8. The fourth-order valence-electron chi connectivity index (χ4n) is 3.53. The van der Waals surface area contributed by atoms with Crippen LogP contribution in [0.25, 0.3) is 0 Å². The van der Waals surface area contributed by atoms with Crippen LogP contribution in [-0.2, 0) is 11.3 Å². The fraction of sp³-hybridized carbons (Fsp3) is 0.333. The largest absolute Gasteiger partial charge is 0.454 e. The van der Waals surface area contributed by atoms with E-state index in [9.17, 15) is 14.0 Å². The Labute approximate surface area is 162 Å². The molecule has 0 radical (unpaired) electrons. The van der Waals surface area contributed by atoms with Crippen LogP contribution in [0.2, 0.25) is 0 Å². The van der Waals surface area contributed by atoms with Gasteiger partial charge in [0.25, 0.3) is 5.91 Å². The summed E-state index contributed by atoms with van der Waals surface area (Å²) in [7, 11) is 0. The van der Waals surface area contributed by atoms with Crippen LogP contribution in [0.5, 0.6) is 11.5 Å². The molecule has 0 unspecified atom stereocenters. The summed E-state index contributed by atoms with van der Waals surface area (Å²) in [4.78, 5) is 26.6. The lowest BCUT2D eigenvalue weighted by Crippen LogP contribution is -2.43. The van der Waals surface area contributed by atoms with Crippen molar-refractivity contribution in [2.45, 2.75) is 19.4 Å². The maximum absolute atomic E-state index is 13.8. The number of ether oxygens (including phenoxy) is 2. The highest BCUT2D eigenvalue weighted by Gasteiger charge is 2.28. The molecule has 2 amide bonds. The molecule has 1 saturated heterocycles. The van der Waals surface area contributed by atoms with E-state index in [2.05, 4.69) is 5.32 Å². The Kier molecular flexibility index (Phi) is 5.14. The number of amides is 2. The Balaban J connectivity index is 1.28. The second-order valence-electron chi connectivity index (χ2n) is 6.95. The van der Waals surface area contributed by atoms with Crippen molar-refractivity contribution in [2.75, 3.05) is 19.9 Å². The van der Waals surface area contributed by atoms with Crippen LogP contribution in [0.15, 0.2) is 42.5 Å². The molecule has 6 nitrogen and oxygen atoms in total. The second kappa shape index (κ2) is 7.88. The van der Waals surface area contributed by atoms with E-state index in [1.54, 1.807) is 17.0 Å². The molecule has 2 aliphatic rings. The Morgan fingerprint density at radius 2 is 1.82 bits per heavy atom. The predicted molar refractivity (Wildman–Crippen MR) is 99.4 cm³/mol. The molecule has 1 fully saturated rings. The first-order chi connectivity index (χ1) is 13.6. The molecule has 1 N–H and O–H groups in total. The van der Waals surface area contributed by atoms with E-state index >= 15 is 0 Å². The van der Waals surface area contributed by atoms with Crippen molar-refractivity contribution in [3.63, 3.8) is 0 Å². The standard InChI is InChI=1S/C21H21FN2O4/c22-17-4-2-1-3-16(17)21(26)24-9-7-15(8-10-24)20(25)23-12-14-5-6-18-19(11-14)28-13-27-18/h1-6,11,15H,7-10,12-13H2,(H,23,25). The van der Waals surface area contributed by atoms with E-state index in [4.69, 9.17) is 9.47 Å². The van der Waals surface area contributed by atoms with E-state index in [1.807, 2.05) is 18.2 Å². The maximum Gasteiger partial charge on any atom is 0.256 e. The highest BCUT2D eigenvalue weighted by atomic mass is 19.1. The normalized spacial score (nSPS) is 16.1. The third kappa shape index (κ3) is 3.78. The zero-order chi connectivity index (χ0) is 19.5. The van der Waals surface area contributed by atoms with E-state index in [0.717, 1.165) is 5.56 Å². The average molecular weight is 384 g/mol. The summed E-state index contributed by atoms with van der Waals surface area (Å²) in [5.74, 6) is 0.372. The summed E-state index contributed by atoms with van der Waals surface area (Å²) in [6.07, 6.45) is 1.13. The highest BCUT2D eigenvalue weighted by Crippen LogP contribution is 2.32. The van der Waals surface area contributed by atoms with Gasteiger partial charge in [-0.3, -0.25) is 9.59 Å². The summed E-state index contributed by atoms with van der Waals surface area (Å²) in [6.45, 7) is 1.50. The van der Waals surface area contributed by atoms with Crippen molar-refractivity contribution in [3.8, 4) is 11.5 Å². The summed E-state index contributed by atoms with van der Waals surface area (Å²) >= 11 is 0. The second-order valence-corrected chi connectivity index (χ2v) is 6.95. The van der Waals surface area contributed by atoms with Crippen LogP contribution in [0, 0.1) is 11.7 Å². The molecule has 146 valence electrons. The number of likely N-dealkylation sites (tertiary alicyclic amines) is 1. The molecule has 2 aromatic rings. The molecule has 2 aliphatic heterocycles. The van der Waals surface area contributed by atoms with E-state index in [0.29, 0.717) is 44.0 Å². The van der Waals surface area contributed by atoms with E-state index < -0.39 is 5.82 Å². The molecule has 2 heterocycles. The van der Waals surface area contributed by atoms with Crippen molar-refractivity contribution in [2.24, 2.45) is 5.92 Å². The molecule has 0 bridgehead atoms. The number of nitrogens with one attached hydrogen (secondary N) is 1. The van der Waals surface area contributed by atoms with Crippen molar-refractivity contribution < 1.29 is 23.5 Å². The number of nitrogens with zero attached hydrogens (tertiary/aromatic N) is 1. The van der Waals surface area contributed by atoms with Gasteiger partial charge in [-0.25, -0.2) is 4.39 Å². The van der Waals surface area contributed by atoms with Gasteiger partial charge in [-0.15, -0.1) is 0 Å². The molecular formula is C21H21FN2O4. The number of carbonyl (C=O) groups is 2. The first-order valence-corrected chi connectivity index (χ1v) is 9.32. The summed E-state index contributed by atoms with van der Waals surface area (Å²) in [6, 6.07) is 11.6. The smallest absolute Gasteiger partial charge is 0.256 e. The first-order valence-electron chi connectivity index (χ1n) is 9.32. The Morgan fingerprint density at radius 3 is 2.61 bits per heavy atom. The van der Waals surface area contributed by atoms with Crippen LogP contribution < -0.4 is 14.8 Å². The average Bonchev–Trinajstić information content (AvgIpc) is 3.20. The quantitative estimate of drug-likeness (QED) is 0.880. The number of hydrogen-bond donors (Lipinski definition) is 1. The van der Waals surface area contributed by atoms with Gasteiger partial charge in [-0.1, -0.05) is 18.2 Å².